The summed E-state index contributed by atoms with van der Waals surface area (Å²) in [5.74, 6) is -0.318. The summed E-state index contributed by atoms with van der Waals surface area (Å²) in [6.07, 6.45) is 0.918. The van der Waals surface area contributed by atoms with Gasteiger partial charge in [-0.2, -0.15) is 4.39 Å². The third-order valence-electron chi connectivity index (χ3n) is 0.553. The van der Waals surface area contributed by atoms with Gasteiger partial charge in [0, 0.05) is 13.5 Å². The van der Waals surface area contributed by atoms with Crippen LogP contribution < -0.4 is 0 Å². The quantitative estimate of drug-likeness (QED) is 0.472. The summed E-state index contributed by atoms with van der Waals surface area (Å²) in [5.41, 5.74) is 0. The molecule has 0 aliphatic rings. The van der Waals surface area contributed by atoms with Crippen LogP contribution in [0.2, 0.25) is 0 Å². The number of nitrogens with zero attached hydrogens (tertiary/aromatic N) is 1. The van der Waals surface area contributed by atoms with Gasteiger partial charge in [-0.1, -0.05) is 6.92 Å². The molecule has 0 aromatic heterocycles. The molecule has 0 radical (unpaired) electrons. The maximum atomic E-state index is 11.6. The van der Waals surface area contributed by atoms with Crippen molar-refractivity contribution in [3.05, 3.63) is 0 Å². The molecule has 0 atom stereocenters. The van der Waals surface area contributed by atoms with Gasteiger partial charge in [-0.15, -0.1) is 0 Å². The van der Waals surface area contributed by atoms with Crippen LogP contribution in [0.1, 0.15) is 20.3 Å². The largest absolute Gasteiger partial charge is 0.262 e. The van der Waals surface area contributed by atoms with Crippen LogP contribution >= 0.6 is 0 Å². The van der Waals surface area contributed by atoms with Crippen LogP contribution in [0.15, 0.2) is 4.99 Å². The summed E-state index contributed by atoms with van der Waals surface area (Å²) in [5, 5.41) is 0. The molecule has 0 spiro atoms. The average molecular weight is 103 g/mol. The zero-order valence-electron chi connectivity index (χ0n) is 4.74. The van der Waals surface area contributed by atoms with E-state index in [1.807, 2.05) is 6.92 Å². The van der Waals surface area contributed by atoms with Gasteiger partial charge >= 0.3 is 0 Å². The molecule has 0 amide bonds. The molecule has 1 nitrogen and oxygen atoms in total. The first kappa shape index (κ1) is 6.60. The Bertz CT molecular complexity index is 64.5. The highest BCUT2D eigenvalue weighted by atomic mass is 19.1. The van der Waals surface area contributed by atoms with E-state index < -0.39 is 0 Å². The zero-order valence-corrected chi connectivity index (χ0v) is 4.74. The molecule has 0 bridgehead atoms. The Morgan fingerprint density at radius 2 is 2.29 bits per heavy atom. The molecule has 42 valence electrons. The first-order chi connectivity index (χ1) is 3.27. The third kappa shape index (κ3) is 5.60. The fraction of sp³-hybridized carbons (Fsp3) is 0.800. The summed E-state index contributed by atoms with van der Waals surface area (Å²) in [4.78, 5) is 3.49. The van der Waals surface area contributed by atoms with Gasteiger partial charge in [-0.05, 0) is 6.42 Å². The van der Waals surface area contributed by atoms with E-state index in [9.17, 15) is 4.39 Å². The van der Waals surface area contributed by atoms with Crippen molar-refractivity contribution >= 4 is 5.97 Å². The monoisotopic (exact) mass is 103 g/mol. The highest BCUT2D eigenvalue weighted by molar-refractivity contribution is 5.71. The van der Waals surface area contributed by atoms with Gasteiger partial charge in [-0.3, -0.25) is 4.99 Å². The van der Waals surface area contributed by atoms with Crippen LogP contribution in [0.25, 0.3) is 0 Å². The Morgan fingerprint density at radius 3 is 2.43 bits per heavy atom. The van der Waals surface area contributed by atoms with E-state index in [0.717, 1.165) is 6.42 Å². The lowest BCUT2D eigenvalue weighted by Gasteiger charge is -1.82. The summed E-state index contributed by atoms with van der Waals surface area (Å²) in [6, 6.07) is 0. The van der Waals surface area contributed by atoms with Gasteiger partial charge in [-0.25, -0.2) is 0 Å². The van der Waals surface area contributed by atoms with Gasteiger partial charge in [0.2, 0.25) is 0 Å². The number of aliphatic imine (C=N–C) groups is 1. The second kappa shape index (κ2) is 3.78. The van der Waals surface area contributed by atoms with Crippen molar-refractivity contribution in [2.45, 2.75) is 20.3 Å². The topological polar surface area (TPSA) is 12.4 Å². The normalized spacial score (nSPS) is 12.1. The SMILES string of the molecule is CCCN=C(C)F. The van der Waals surface area contributed by atoms with E-state index in [0.29, 0.717) is 6.54 Å². The fourth-order valence-electron chi connectivity index (χ4n) is 0.266. The molecule has 0 fully saturated rings. The standard InChI is InChI=1S/C5H10FN/c1-3-4-7-5(2)6/h3-4H2,1-2H3. The molecule has 0 saturated heterocycles. The van der Waals surface area contributed by atoms with Crippen LogP contribution in [-0.2, 0) is 0 Å². The molecule has 0 rings (SSSR count). The molecule has 0 N–H and O–H groups in total. The molecular formula is C5H10FN. The molecule has 0 heterocycles. The van der Waals surface area contributed by atoms with Crippen LogP contribution in [-0.4, -0.2) is 12.5 Å². The molecule has 0 unspecified atom stereocenters. The Morgan fingerprint density at radius 1 is 1.71 bits per heavy atom. The first-order valence-electron chi connectivity index (χ1n) is 2.44. The molecule has 0 saturated carbocycles. The van der Waals surface area contributed by atoms with Crippen molar-refractivity contribution in [1.29, 1.82) is 0 Å². The molecule has 0 aliphatic heterocycles. The Hall–Kier alpha value is -0.400. The Labute approximate surface area is 43.3 Å². The summed E-state index contributed by atoms with van der Waals surface area (Å²) >= 11 is 0. The summed E-state index contributed by atoms with van der Waals surface area (Å²) < 4.78 is 11.6. The van der Waals surface area contributed by atoms with Crippen LogP contribution in [0.3, 0.4) is 0 Å². The van der Waals surface area contributed by atoms with Crippen LogP contribution in [0.5, 0.6) is 0 Å². The van der Waals surface area contributed by atoms with Gasteiger partial charge in [0.1, 0.15) is 0 Å². The maximum Gasteiger partial charge on any atom is 0.181 e. The van der Waals surface area contributed by atoms with Crippen molar-refractivity contribution in [3.63, 3.8) is 0 Å². The predicted molar refractivity (Wildman–Crippen MR) is 29.4 cm³/mol. The van der Waals surface area contributed by atoms with Crippen molar-refractivity contribution in [2.24, 2.45) is 4.99 Å². The smallest absolute Gasteiger partial charge is 0.181 e. The Kier molecular flexibility index (Phi) is 3.56. The van der Waals surface area contributed by atoms with E-state index in [-0.39, 0.29) is 5.97 Å². The second-order valence-electron chi connectivity index (χ2n) is 1.38. The molecule has 7 heavy (non-hydrogen) atoms. The Balaban J connectivity index is 3.08. The highest BCUT2D eigenvalue weighted by Crippen LogP contribution is 1.80. The number of hydrogen-bond acceptors (Lipinski definition) is 1. The lowest BCUT2D eigenvalue weighted by atomic mass is 10.5. The first-order valence-corrected chi connectivity index (χ1v) is 2.44. The van der Waals surface area contributed by atoms with E-state index in [1.54, 1.807) is 0 Å². The van der Waals surface area contributed by atoms with Crippen molar-refractivity contribution in [2.75, 3.05) is 6.54 Å². The van der Waals surface area contributed by atoms with Crippen LogP contribution in [0, 0.1) is 0 Å². The minimum Gasteiger partial charge on any atom is -0.262 e. The van der Waals surface area contributed by atoms with Gasteiger partial charge in [0.05, 0.1) is 0 Å². The number of hydrogen-bond donors (Lipinski definition) is 0. The van der Waals surface area contributed by atoms with E-state index >= 15 is 0 Å². The summed E-state index contributed by atoms with van der Waals surface area (Å²) in [7, 11) is 0. The maximum absolute atomic E-state index is 11.6. The number of halogens is 1. The minimum atomic E-state index is -0.318. The number of rotatable bonds is 2. The fourth-order valence-corrected chi connectivity index (χ4v) is 0.266. The van der Waals surface area contributed by atoms with E-state index in [1.165, 1.54) is 6.92 Å². The van der Waals surface area contributed by atoms with E-state index in [4.69, 9.17) is 0 Å². The van der Waals surface area contributed by atoms with Gasteiger partial charge < -0.3 is 0 Å². The van der Waals surface area contributed by atoms with Crippen molar-refractivity contribution in [1.82, 2.24) is 0 Å². The average Bonchev–Trinajstić information content (AvgIpc) is 1.61. The minimum absolute atomic E-state index is 0.318. The van der Waals surface area contributed by atoms with E-state index in [2.05, 4.69) is 4.99 Å². The van der Waals surface area contributed by atoms with Crippen molar-refractivity contribution in [3.8, 4) is 0 Å². The highest BCUT2D eigenvalue weighted by Gasteiger charge is 1.78. The molecular weight excluding hydrogens is 93.1 g/mol. The third-order valence-corrected chi connectivity index (χ3v) is 0.553. The lowest BCUT2D eigenvalue weighted by molar-refractivity contribution is 0.774. The summed E-state index contributed by atoms with van der Waals surface area (Å²) in [6.45, 7) is 3.93. The molecule has 0 aromatic rings. The van der Waals surface area contributed by atoms with Gasteiger partial charge in [0.25, 0.3) is 0 Å². The van der Waals surface area contributed by atoms with Gasteiger partial charge in [0.15, 0.2) is 5.97 Å². The van der Waals surface area contributed by atoms with Crippen molar-refractivity contribution < 1.29 is 4.39 Å². The molecule has 0 aromatic carbocycles. The molecule has 0 aliphatic carbocycles. The van der Waals surface area contributed by atoms with Crippen LogP contribution in [0.4, 0.5) is 4.39 Å². The zero-order chi connectivity index (χ0) is 5.70. The molecule has 2 heteroatoms. The lowest BCUT2D eigenvalue weighted by Crippen LogP contribution is -1.80. The second-order valence-corrected chi connectivity index (χ2v) is 1.38. The predicted octanol–water partition coefficient (Wildman–Crippen LogP) is 1.78.